The maximum absolute atomic E-state index is 12.2. The van der Waals surface area contributed by atoms with Crippen molar-refractivity contribution in [1.82, 2.24) is 9.88 Å². The van der Waals surface area contributed by atoms with Gasteiger partial charge in [0.2, 0.25) is 0 Å². The zero-order valence-electron chi connectivity index (χ0n) is 15.1. The summed E-state index contributed by atoms with van der Waals surface area (Å²) in [6.07, 6.45) is 5.67. The lowest BCUT2D eigenvalue weighted by Crippen LogP contribution is -2.55. The molecule has 0 bridgehead atoms. The largest absolute Gasteiger partial charge is 0.444 e. The fourth-order valence-electron chi connectivity index (χ4n) is 4.59. The van der Waals surface area contributed by atoms with Crippen LogP contribution in [0, 0.1) is 5.41 Å². The third-order valence-electron chi connectivity index (χ3n) is 5.74. The number of nitrogens with zero attached hydrogens (tertiary/aromatic N) is 2. The minimum atomic E-state index is -0.443. The molecular formula is C19H25ClN2O3. The third kappa shape index (κ3) is 3.02. The smallest absolute Gasteiger partial charge is 0.410 e. The molecule has 1 aromatic rings. The third-order valence-corrected chi connectivity index (χ3v) is 5.95. The van der Waals surface area contributed by atoms with Gasteiger partial charge in [0.05, 0.1) is 12.2 Å². The van der Waals surface area contributed by atoms with Gasteiger partial charge in [-0.25, -0.2) is 9.78 Å². The summed E-state index contributed by atoms with van der Waals surface area (Å²) in [4.78, 5) is 18.2. The summed E-state index contributed by atoms with van der Waals surface area (Å²) in [6, 6.07) is 1.96. The van der Waals surface area contributed by atoms with Crippen molar-refractivity contribution in [2.45, 2.75) is 64.3 Å². The van der Waals surface area contributed by atoms with E-state index in [9.17, 15) is 4.79 Å². The van der Waals surface area contributed by atoms with E-state index in [1.54, 1.807) is 0 Å². The fourth-order valence-corrected chi connectivity index (χ4v) is 4.74. The van der Waals surface area contributed by atoms with Gasteiger partial charge in [0, 0.05) is 24.8 Å². The van der Waals surface area contributed by atoms with Gasteiger partial charge in [-0.1, -0.05) is 11.6 Å². The molecule has 5 nitrogen and oxygen atoms in total. The molecule has 0 radical (unpaired) electrons. The van der Waals surface area contributed by atoms with E-state index in [1.165, 1.54) is 5.56 Å². The van der Waals surface area contributed by atoms with Crippen LogP contribution in [-0.4, -0.2) is 34.7 Å². The molecule has 2 aliphatic heterocycles. The van der Waals surface area contributed by atoms with Crippen molar-refractivity contribution in [3.8, 4) is 0 Å². The van der Waals surface area contributed by atoms with Gasteiger partial charge in [-0.05, 0) is 63.5 Å². The number of pyridine rings is 1. The predicted molar refractivity (Wildman–Crippen MR) is 94.4 cm³/mol. The van der Waals surface area contributed by atoms with Crippen molar-refractivity contribution in [3.05, 3.63) is 28.5 Å². The number of fused-ring (bicyclic) bond motifs is 2. The number of rotatable bonds is 0. The summed E-state index contributed by atoms with van der Waals surface area (Å²) < 4.78 is 11.7. The number of halogens is 1. The van der Waals surface area contributed by atoms with E-state index in [4.69, 9.17) is 21.1 Å². The summed E-state index contributed by atoms with van der Waals surface area (Å²) in [6.45, 7) is 7.85. The molecule has 136 valence electrons. The Balaban J connectivity index is 1.39. The minimum absolute atomic E-state index is 0.185. The maximum Gasteiger partial charge on any atom is 0.410 e. The van der Waals surface area contributed by atoms with Crippen LogP contribution >= 0.6 is 11.6 Å². The number of hydrogen-bond donors (Lipinski definition) is 0. The average Bonchev–Trinajstić information content (AvgIpc) is 2.84. The first kappa shape index (κ1) is 17.1. The summed E-state index contributed by atoms with van der Waals surface area (Å²) in [7, 11) is 0. The molecule has 4 rings (SSSR count). The molecule has 1 aliphatic carbocycles. The van der Waals surface area contributed by atoms with E-state index in [0.29, 0.717) is 11.8 Å². The van der Waals surface area contributed by atoms with Crippen molar-refractivity contribution >= 4 is 17.7 Å². The van der Waals surface area contributed by atoms with Gasteiger partial charge in [0.15, 0.2) is 0 Å². The van der Waals surface area contributed by atoms with E-state index >= 15 is 0 Å². The standard InChI is InChI=1S/C19H25ClN2O3/c1-17(2,3)25-16(23)22-6-4-18(5-7-22)11-19(12-18)14-8-15(20)21-9-13(14)10-24-19/h8-9H,4-7,10-12H2,1-3H3. The molecular weight excluding hydrogens is 340 g/mol. The van der Waals surface area contributed by atoms with E-state index in [0.717, 1.165) is 44.3 Å². The van der Waals surface area contributed by atoms with Gasteiger partial charge in [-0.3, -0.25) is 0 Å². The Hall–Kier alpha value is -1.33. The molecule has 25 heavy (non-hydrogen) atoms. The highest BCUT2D eigenvalue weighted by Crippen LogP contribution is 2.63. The quantitative estimate of drug-likeness (QED) is 0.645. The van der Waals surface area contributed by atoms with Crippen LogP contribution in [0.15, 0.2) is 12.3 Å². The van der Waals surface area contributed by atoms with E-state index in [-0.39, 0.29) is 17.1 Å². The molecule has 3 aliphatic rings. The van der Waals surface area contributed by atoms with E-state index in [2.05, 4.69) is 4.98 Å². The number of ether oxygens (including phenoxy) is 2. The van der Waals surface area contributed by atoms with Crippen LogP contribution in [0.25, 0.3) is 0 Å². The van der Waals surface area contributed by atoms with Crippen LogP contribution in [0.5, 0.6) is 0 Å². The lowest BCUT2D eigenvalue weighted by molar-refractivity contribution is -0.182. The van der Waals surface area contributed by atoms with Gasteiger partial charge < -0.3 is 14.4 Å². The fraction of sp³-hybridized carbons (Fsp3) is 0.684. The second kappa shape index (κ2) is 5.58. The normalized spacial score (nSPS) is 23.4. The molecule has 1 aromatic heterocycles. The summed E-state index contributed by atoms with van der Waals surface area (Å²) in [5.41, 5.74) is 2.02. The molecule has 0 aromatic carbocycles. The average molecular weight is 365 g/mol. The van der Waals surface area contributed by atoms with Gasteiger partial charge in [0.25, 0.3) is 0 Å². The topological polar surface area (TPSA) is 51.7 Å². The summed E-state index contributed by atoms with van der Waals surface area (Å²) in [5, 5.41) is 0.532. The summed E-state index contributed by atoms with van der Waals surface area (Å²) >= 11 is 6.09. The van der Waals surface area contributed by atoms with Crippen LogP contribution in [0.4, 0.5) is 4.79 Å². The monoisotopic (exact) mass is 364 g/mol. The predicted octanol–water partition coefficient (Wildman–Crippen LogP) is 4.27. The first-order valence-electron chi connectivity index (χ1n) is 8.97. The SMILES string of the molecule is CC(C)(C)OC(=O)N1CCC2(CC1)CC1(C2)OCc2cnc(Cl)cc21. The van der Waals surface area contributed by atoms with Gasteiger partial charge in [-0.2, -0.15) is 0 Å². The first-order chi connectivity index (χ1) is 11.7. The van der Waals surface area contributed by atoms with Crippen molar-refractivity contribution in [2.75, 3.05) is 13.1 Å². The summed E-state index contributed by atoms with van der Waals surface area (Å²) in [5.74, 6) is 0. The molecule has 3 heterocycles. The van der Waals surface area contributed by atoms with Crippen molar-refractivity contribution in [1.29, 1.82) is 0 Å². The Morgan fingerprint density at radius 3 is 2.64 bits per heavy atom. The molecule has 1 amide bonds. The minimum Gasteiger partial charge on any atom is -0.444 e. The van der Waals surface area contributed by atoms with Gasteiger partial charge in [-0.15, -0.1) is 0 Å². The Morgan fingerprint density at radius 1 is 1.32 bits per heavy atom. The molecule has 2 fully saturated rings. The van der Waals surface area contributed by atoms with Gasteiger partial charge >= 0.3 is 6.09 Å². The Labute approximate surface area is 153 Å². The number of piperidine rings is 1. The van der Waals surface area contributed by atoms with Crippen molar-refractivity contribution < 1.29 is 14.3 Å². The van der Waals surface area contributed by atoms with Crippen LogP contribution in [-0.2, 0) is 21.7 Å². The van der Waals surface area contributed by atoms with Crippen LogP contribution in [0.3, 0.4) is 0 Å². The van der Waals surface area contributed by atoms with Crippen molar-refractivity contribution in [2.24, 2.45) is 5.41 Å². The van der Waals surface area contributed by atoms with Crippen molar-refractivity contribution in [3.63, 3.8) is 0 Å². The van der Waals surface area contributed by atoms with Crippen LogP contribution < -0.4 is 0 Å². The first-order valence-corrected chi connectivity index (χ1v) is 9.35. The number of aromatic nitrogens is 1. The molecule has 0 unspecified atom stereocenters. The zero-order valence-corrected chi connectivity index (χ0v) is 15.9. The van der Waals surface area contributed by atoms with Gasteiger partial charge in [0.1, 0.15) is 10.8 Å². The highest BCUT2D eigenvalue weighted by molar-refractivity contribution is 6.29. The molecule has 0 N–H and O–H groups in total. The zero-order chi connectivity index (χ0) is 17.9. The number of carbonyl (C=O) groups is 1. The van der Waals surface area contributed by atoms with E-state index in [1.807, 2.05) is 37.9 Å². The van der Waals surface area contributed by atoms with Crippen LogP contribution in [0.2, 0.25) is 5.15 Å². The highest BCUT2D eigenvalue weighted by atomic mass is 35.5. The molecule has 0 atom stereocenters. The number of amides is 1. The molecule has 6 heteroatoms. The maximum atomic E-state index is 12.2. The van der Waals surface area contributed by atoms with E-state index < -0.39 is 5.60 Å². The lowest BCUT2D eigenvalue weighted by atomic mass is 9.53. The Morgan fingerprint density at radius 2 is 2.00 bits per heavy atom. The number of hydrogen-bond acceptors (Lipinski definition) is 4. The Bertz CT molecular complexity index is 697. The number of likely N-dealkylation sites (tertiary alicyclic amines) is 1. The van der Waals surface area contributed by atoms with Crippen LogP contribution in [0.1, 0.15) is 57.6 Å². The molecule has 1 saturated carbocycles. The molecule has 2 spiro atoms. The lowest BCUT2D eigenvalue weighted by Gasteiger charge is -2.57. The number of carbonyl (C=O) groups excluding carboxylic acids is 1. The Kier molecular flexibility index (Phi) is 3.82. The second-order valence-electron chi connectivity index (χ2n) is 8.77. The molecule has 1 saturated heterocycles. The second-order valence-corrected chi connectivity index (χ2v) is 9.16. The highest BCUT2D eigenvalue weighted by Gasteiger charge is 2.59.